The number of hydroxylamine groups is 2. The van der Waals surface area contributed by atoms with Gasteiger partial charge in [0.05, 0.1) is 51.1 Å². The molecular weight excluding hydrogens is 1500 g/mol. The fraction of sp³-hybridized carbons (Fsp3) is 0.360. The number of carbonyl (C=O) groups is 9. The quantitative estimate of drug-likeness (QED) is 0.00572. The minimum absolute atomic E-state index is 0.000179. The zero-order chi connectivity index (χ0) is 85.9. The van der Waals surface area contributed by atoms with Gasteiger partial charge in [0, 0.05) is 47.0 Å². The number of aliphatic hydroxyl groups is 2. The van der Waals surface area contributed by atoms with Crippen LogP contribution in [0.5, 0.6) is 0 Å². The van der Waals surface area contributed by atoms with Crippen molar-refractivity contribution in [1.29, 1.82) is 0 Å². The number of nitrogens with one attached hydrogen (secondary N) is 3. The number of aryl methyl sites for hydroxylation is 1. The number of carboxylic acids is 1. The Balaban J connectivity index is 0.000000321. The number of hydrogen-bond acceptors (Lipinski definition) is 20. The zero-order valence-corrected chi connectivity index (χ0v) is 69.9. The molecule has 0 aliphatic carbocycles. The van der Waals surface area contributed by atoms with Gasteiger partial charge in [-0.1, -0.05) is 160 Å². The minimum Gasteiger partial charge on any atom is -0.478 e. The molecule has 0 heterocycles. The van der Waals surface area contributed by atoms with Crippen LogP contribution >= 0.6 is 0 Å². The predicted molar refractivity (Wildman–Crippen MR) is 449 cm³/mol. The molecule has 0 radical (unpaired) electrons. The number of para-hydroxylation sites is 4. The number of carbonyl (C=O) groups excluding carboxylic acids is 8. The van der Waals surface area contributed by atoms with E-state index < -0.39 is 67.2 Å². The summed E-state index contributed by atoms with van der Waals surface area (Å²) in [7, 11) is -2.12. The maximum Gasteiger partial charge on any atom is 0.414 e. The molecule has 116 heavy (non-hydrogen) atoms. The standard InChI is InChI=1S/C28H40N2O6Si.C22H25NO6.C17H18N2O4.C13H19NO3.C9H12O/c1-27(2,3)35-26(33)30(23-12-10-9-11-13-23)18-19-34-24(31)20-21-14-16-22(17-15-21)25(32)29-36-37(7,8)28(4,5)6;1-22(2,3)29-21(27)23(18-7-5-4-6-8-18)13-14-28-19(24)15-16-9-11-17(12-10-16)20(25)26;20-16(23-11-10-18-15-4-2-1-3-5-15)12-13-6-8-14(9-7-13)17(21)19-22;1-13(2,3)17-12(16)14(9-10-15)11-7-5-4-6-8-11;10-8-4-7-9-5-2-1-3-6-9/h9-17H,18-20H2,1-8H3,(H,29,32);4-12H,13-15H2,1-3H3,(H,25,26);1-9,18,22H,10-12H2,(H,19,21);4-8,15H,9-10H2,1-3H3;1-3,5-6,10H,4,7-8H2. The molecule has 8 aromatic rings. The number of anilines is 4. The summed E-state index contributed by atoms with van der Waals surface area (Å²) in [4.78, 5) is 112. The summed E-state index contributed by atoms with van der Waals surface area (Å²) < 4.78 is 37.8. The maximum absolute atomic E-state index is 12.7. The van der Waals surface area contributed by atoms with Crippen LogP contribution in [0.15, 0.2) is 224 Å². The highest BCUT2D eigenvalue weighted by molar-refractivity contribution is 6.74. The average Bonchev–Trinajstić information content (AvgIpc) is 0.834. The van der Waals surface area contributed by atoms with E-state index in [-0.39, 0.29) is 94.4 Å². The number of hydrogen-bond donors (Lipinski definition) is 7. The van der Waals surface area contributed by atoms with Gasteiger partial charge in [-0.2, -0.15) is 0 Å². The number of carboxylic acid groups (broad SMARTS) is 1. The molecule has 7 N–H and O–H groups in total. The van der Waals surface area contributed by atoms with Crippen molar-refractivity contribution >= 4 is 85.0 Å². The molecule has 624 valence electrons. The lowest BCUT2D eigenvalue weighted by Gasteiger charge is -2.35. The molecule has 0 spiro atoms. The third-order valence-corrected chi connectivity index (χ3v) is 20.7. The molecule has 0 atom stereocenters. The largest absolute Gasteiger partial charge is 0.478 e. The van der Waals surface area contributed by atoms with Crippen molar-refractivity contribution in [3.8, 4) is 0 Å². The van der Waals surface area contributed by atoms with Crippen molar-refractivity contribution in [2.24, 2.45) is 0 Å². The van der Waals surface area contributed by atoms with Crippen molar-refractivity contribution in [3.05, 3.63) is 263 Å². The highest BCUT2D eigenvalue weighted by Crippen LogP contribution is 2.36. The van der Waals surface area contributed by atoms with E-state index in [0.717, 1.165) is 29.8 Å². The highest BCUT2D eigenvalue weighted by atomic mass is 28.4. The molecule has 0 saturated heterocycles. The summed E-state index contributed by atoms with van der Waals surface area (Å²) in [5.41, 5.74) is 9.56. The van der Waals surface area contributed by atoms with Gasteiger partial charge in [0.25, 0.3) is 11.8 Å². The lowest BCUT2D eigenvalue weighted by atomic mass is 10.1. The van der Waals surface area contributed by atoms with Crippen LogP contribution in [0.1, 0.15) is 143 Å². The van der Waals surface area contributed by atoms with Gasteiger partial charge in [-0.15, -0.1) is 0 Å². The smallest absolute Gasteiger partial charge is 0.414 e. The first-order valence-corrected chi connectivity index (χ1v) is 40.8. The van der Waals surface area contributed by atoms with Crippen LogP contribution in [0.4, 0.5) is 37.1 Å². The summed E-state index contributed by atoms with van der Waals surface area (Å²) in [6, 6.07) is 66.2. The molecule has 5 amide bonds. The van der Waals surface area contributed by atoms with Crippen molar-refractivity contribution in [1.82, 2.24) is 11.0 Å². The first-order valence-electron chi connectivity index (χ1n) is 37.9. The lowest BCUT2D eigenvalue weighted by molar-refractivity contribution is -0.143. The van der Waals surface area contributed by atoms with Crippen molar-refractivity contribution < 1.29 is 96.6 Å². The molecule has 0 saturated carbocycles. The average molecular weight is 1620 g/mol. The fourth-order valence-corrected chi connectivity index (χ4v) is 10.3. The Morgan fingerprint density at radius 1 is 0.388 bits per heavy atom. The molecular formula is C89H114N6O20Si. The van der Waals surface area contributed by atoms with Crippen LogP contribution < -0.4 is 31.0 Å². The monoisotopic (exact) mass is 1610 g/mol. The molecule has 0 aromatic heterocycles. The Morgan fingerprint density at radius 3 is 1.04 bits per heavy atom. The fourth-order valence-electron chi connectivity index (χ4n) is 9.61. The molecule has 26 nitrogen and oxygen atoms in total. The van der Waals surface area contributed by atoms with E-state index in [1.807, 2.05) is 112 Å². The minimum atomic E-state index is -2.12. The SMILES string of the molecule is CC(C)(C)OC(=O)N(CCO)c1ccccc1.CC(C)(C)OC(=O)N(CCOC(=O)Cc1ccc(C(=O)NO[Si](C)(C)C(C)(C)C)cc1)c1ccccc1.CC(C)(C)OC(=O)N(CCOC(=O)Cc1ccc(C(=O)O)cc1)c1ccccc1.O=C(Cc1ccc(C(=O)NO)cc1)OCCNc1ccccc1.OCCCc1ccccc1. The molecule has 8 rings (SSSR count). The molecule has 0 bridgehead atoms. The molecule has 0 fully saturated rings. The topological polar surface area (TPSA) is 345 Å². The number of benzene rings is 8. The Hall–Kier alpha value is -11.8. The van der Waals surface area contributed by atoms with Crippen LogP contribution in [-0.4, -0.2) is 159 Å². The van der Waals surface area contributed by atoms with Gasteiger partial charge in [0.2, 0.25) is 8.32 Å². The van der Waals surface area contributed by atoms with Gasteiger partial charge >= 0.3 is 42.2 Å². The second kappa shape index (κ2) is 49.1. The summed E-state index contributed by atoms with van der Waals surface area (Å²) in [6.45, 7) is 28.1. The first-order chi connectivity index (χ1) is 54.8. The summed E-state index contributed by atoms with van der Waals surface area (Å²) >= 11 is 0. The van der Waals surface area contributed by atoms with Crippen LogP contribution in [0.2, 0.25) is 18.1 Å². The van der Waals surface area contributed by atoms with Gasteiger partial charge in [0.15, 0.2) is 0 Å². The summed E-state index contributed by atoms with van der Waals surface area (Å²) in [5.74, 6) is -3.18. The van der Waals surface area contributed by atoms with Crippen molar-refractivity contribution in [2.75, 3.05) is 79.2 Å². The van der Waals surface area contributed by atoms with Crippen LogP contribution in [-0.2, 0) is 73.0 Å². The lowest BCUT2D eigenvalue weighted by Crippen LogP contribution is -2.46. The zero-order valence-electron chi connectivity index (χ0n) is 68.9. The van der Waals surface area contributed by atoms with E-state index in [2.05, 4.69) is 56.8 Å². The third-order valence-electron chi connectivity index (χ3n) is 16.4. The number of amides is 5. The van der Waals surface area contributed by atoms with Crippen LogP contribution in [0, 0.1) is 0 Å². The molecule has 27 heteroatoms. The van der Waals surface area contributed by atoms with E-state index in [4.69, 9.17) is 53.5 Å². The Bertz CT molecular complexity index is 4270. The van der Waals surface area contributed by atoms with E-state index >= 15 is 0 Å². The van der Waals surface area contributed by atoms with Gasteiger partial charge < -0.3 is 53.6 Å². The molecule has 0 aliphatic rings. The summed E-state index contributed by atoms with van der Waals surface area (Å²) in [5, 5.41) is 38.1. The molecule has 0 unspecified atom stereocenters. The Morgan fingerprint density at radius 2 is 0.716 bits per heavy atom. The second-order valence-electron chi connectivity index (χ2n) is 30.6. The predicted octanol–water partition coefficient (Wildman–Crippen LogP) is 15.8. The third kappa shape index (κ3) is 38.9. The van der Waals surface area contributed by atoms with Gasteiger partial charge in [-0.25, -0.2) is 30.1 Å². The van der Waals surface area contributed by atoms with Gasteiger partial charge in [-0.3, -0.25) is 43.9 Å². The van der Waals surface area contributed by atoms with E-state index in [1.165, 1.54) is 44.5 Å². The van der Waals surface area contributed by atoms with E-state index in [0.29, 0.717) is 40.2 Å². The number of aromatic carboxylic acids is 1. The van der Waals surface area contributed by atoms with Crippen LogP contribution in [0.3, 0.4) is 0 Å². The number of nitrogens with zero attached hydrogens (tertiary/aromatic N) is 3. The van der Waals surface area contributed by atoms with Gasteiger partial charge in [0.1, 0.15) is 36.6 Å². The number of aliphatic hydroxyl groups excluding tert-OH is 2. The molecule has 0 aliphatic heterocycles. The van der Waals surface area contributed by atoms with E-state index in [9.17, 15) is 43.2 Å². The number of esters is 3. The number of ether oxygens (including phenoxy) is 6. The Labute approximate surface area is 682 Å². The summed E-state index contributed by atoms with van der Waals surface area (Å²) in [6.07, 6.45) is 0.550. The van der Waals surface area contributed by atoms with Gasteiger partial charge in [-0.05, 0) is 200 Å². The maximum atomic E-state index is 12.7. The second-order valence-corrected chi connectivity index (χ2v) is 35.3. The van der Waals surface area contributed by atoms with Crippen LogP contribution in [0.25, 0.3) is 0 Å². The first kappa shape index (κ1) is 96.6. The normalized spacial score (nSPS) is 11.0. The number of rotatable bonds is 29. The van der Waals surface area contributed by atoms with E-state index in [1.54, 1.807) is 144 Å². The highest BCUT2D eigenvalue weighted by Gasteiger charge is 2.39. The van der Waals surface area contributed by atoms with Crippen molar-refractivity contribution in [2.45, 2.75) is 150 Å². The Kier molecular flexibility index (Phi) is 40.9. The molecule has 8 aromatic carbocycles. The van der Waals surface area contributed by atoms with Crippen molar-refractivity contribution in [3.63, 3.8) is 0 Å².